The van der Waals surface area contributed by atoms with Crippen LogP contribution in [0.2, 0.25) is 5.02 Å². The Morgan fingerprint density at radius 1 is 1.00 bits per heavy atom. The quantitative estimate of drug-likeness (QED) is 0.930. The molecule has 0 atom stereocenters. The van der Waals surface area contributed by atoms with E-state index in [0.29, 0.717) is 0 Å². The molecule has 0 aliphatic carbocycles. The van der Waals surface area contributed by atoms with Crippen LogP contribution < -0.4 is 10.2 Å². The largest absolute Gasteiger partial charge is 0.369 e. The van der Waals surface area contributed by atoms with E-state index < -0.39 is 0 Å². The van der Waals surface area contributed by atoms with Crippen molar-refractivity contribution in [3.63, 3.8) is 0 Å². The summed E-state index contributed by atoms with van der Waals surface area (Å²) in [6.45, 7) is 2.90. The predicted molar refractivity (Wildman–Crippen MR) is 90.3 cm³/mol. The molecular weight excluding hydrogens is 280 g/mol. The Hall–Kier alpha value is -1.51. The number of anilines is 1. The smallest absolute Gasteiger partial charge is 0.0642 e. The number of fused-ring (bicyclic) bond motifs is 1. The number of hydrogen-bond acceptors (Lipinski definition) is 2. The SMILES string of the molecule is CNCc1cccc(Cl)c1N1CCc2ccccc2CC1. The number of halogens is 1. The number of nitrogens with zero attached hydrogens (tertiary/aromatic N) is 1. The van der Waals surface area contributed by atoms with Gasteiger partial charge in [0.05, 0.1) is 10.7 Å². The summed E-state index contributed by atoms with van der Waals surface area (Å²) < 4.78 is 0. The molecule has 2 nitrogen and oxygen atoms in total. The number of hydrogen-bond donors (Lipinski definition) is 1. The lowest BCUT2D eigenvalue weighted by atomic mass is 10.0. The van der Waals surface area contributed by atoms with E-state index >= 15 is 0 Å². The molecule has 2 aromatic carbocycles. The van der Waals surface area contributed by atoms with Crippen LogP contribution in [-0.2, 0) is 19.4 Å². The van der Waals surface area contributed by atoms with E-state index in [1.54, 1.807) is 0 Å². The topological polar surface area (TPSA) is 15.3 Å². The van der Waals surface area contributed by atoms with Gasteiger partial charge in [0.25, 0.3) is 0 Å². The first-order valence-electron chi connectivity index (χ1n) is 7.53. The van der Waals surface area contributed by atoms with Gasteiger partial charge in [0.15, 0.2) is 0 Å². The molecule has 0 fully saturated rings. The second kappa shape index (κ2) is 6.50. The Labute approximate surface area is 131 Å². The number of rotatable bonds is 3. The summed E-state index contributed by atoms with van der Waals surface area (Å²) in [4.78, 5) is 2.44. The lowest BCUT2D eigenvalue weighted by Gasteiger charge is -2.26. The zero-order valence-corrected chi connectivity index (χ0v) is 13.2. The van der Waals surface area contributed by atoms with Crippen LogP contribution in [0.4, 0.5) is 5.69 Å². The minimum Gasteiger partial charge on any atom is -0.369 e. The van der Waals surface area contributed by atoms with Gasteiger partial charge < -0.3 is 10.2 Å². The Morgan fingerprint density at radius 3 is 2.29 bits per heavy atom. The summed E-state index contributed by atoms with van der Waals surface area (Å²) in [6, 6.07) is 15.0. The van der Waals surface area contributed by atoms with Crippen LogP contribution in [0.25, 0.3) is 0 Å². The van der Waals surface area contributed by atoms with E-state index in [-0.39, 0.29) is 0 Å². The maximum atomic E-state index is 6.49. The number of benzene rings is 2. The Kier molecular flexibility index (Phi) is 4.47. The first-order valence-corrected chi connectivity index (χ1v) is 7.91. The molecule has 0 spiro atoms. The first kappa shape index (κ1) is 14.4. The van der Waals surface area contributed by atoms with Crippen molar-refractivity contribution in [1.29, 1.82) is 0 Å². The van der Waals surface area contributed by atoms with E-state index in [9.17, 15) is 0 Å². The summed E-state index contributed by atoms with van der Waals surface area (Å²) in [7, 11) is 1.98. The minimum absolute atomic E-state index is 0.847. The van der Waals surface area contributed by atoms with Gasteiger partial charge in [-0.2, -0.15) is 0 Å². The van der Waals surface area contributed by atoms with Crippen LogP contribution >= 0.6 is 11.6 Å². The Balaban J connectivity index is 1.89. The molecule has 0 saturated heterocycles. The second-order valence-corrected chi connectivity index (χ2v) is 5.94. The monoisotopic (exact) mass is 300 g/mol. The molecule has 1 aliphatic rings. The summed E-state index contributed by atoms with van der Waals surface area (Å²) in [6.07, 6.45) is 2.17. The van der Waals surface area contributed by atoms with Gasteiger partial charge in [-0.3, -0.25) is 0 Å². The molecule has 1 N–H and O–H groups in total. The van der Waals surface area contributed by atoms with Gasteiger partial charge in [0, 0.05) is 19.6 Å². The van der Waals surface area contributed by atoms with Gasteiger partial charge in [-0.15, -0.1) is 0 Å². The van der Waals surface area contributed by atoms with Crippen LogP contribution in [0, 0.1) is 0 Å². The Morgan fingerprint density at radius 2 is 1.67 bits per heavy atom. The average Bonchev–Trinajstić information content (AvgIpc) is 2.71. The van der Waals surface area contributed by atoms with E-state index in [0.717, 1.165) is 37.5 Å². The predicted octanol–water partition coefficient (Wildman–Crippen LogP) is 3.66. The van der Waals surface area contributed by atoms with Crippen molar-refractivity contribution in [2.24, 2.45) is 0 Å². The van der Waals surface area contributed by atoms with Crippen LogP contribution in [0.3, 0.4) is 0 Å². The fourth-order valence-corrected chi connectivity index (χ4v) is 3.45. The highest BCUT2D eigenvalue weighted by molar-refractivity contribution is 6.33. The van der Waals surface area contributed by atoms with Crippen molar-refractivity contribution >= 4 is 17.3 Å². The van der Waals surface area contributed by atoms with Crippen LogP contribution in [-0.4, -0.2) is 20.1 Å². The van der Waals surface area contributed by atoms with E-state index in [1.807, 2.05) is 19.2 Å². The number of nitrogens with one attached hydrogen (secondary N) is 1. The summed E-state index contributed by atoms with van der Waals surface area (Å²) in [5, 5.41) is 4.09. The summed E-state index contributed by atoms with van der Waals surface area (Å²) in [5.41, 5.74) is 5.42. The molecule has 0 aromatic heterocycles. The van der Waals surface area contributed by atoms with Gasteiger partial charge in [-0.1, -0.05) is 48.0 Å². The second-order valence-electron chi connectivity index (χ2n) is 5.53. The zero-order chi connectivity index (χ0) is 14.7. The lowest BCUT2D eigenvalue weighted by Crippen LogP contribution is -2.28. The molecule has 0 radical (unpaired) electrons. The third-order valence-corrected chi connectivity index (χ3v) is 4.48. The molecule has 0 saturated carbocycles. The number of para-hydroxylation sites is 1. The van der Waals surface area contributed by atoms with E-state index in [1.165, 1.54) is 22.4 Å². The molecule has 21 heavy (non-hydrogen) atoms. The third-order valence-electron chi connectivity index (χ3n) is 4.17. The fraction of sp³-hybridized carbons (Fsp3) is 0.333. The standard InChI is InChI=1S/C18H21ClN2/c1-20-13-16-7-4-8-17(19)18(16)21-11-9-14-5-2-3-6-15(14)10-12-21/h2-8,20H,9-13H2,1H3. The van der Waals surface area contributed by atoms with Gasteiger partial charge in [-0.25, -0.2) is 0 Å². The van der Waals surface area contributed by atoms with Crippen molar-refractivity contribution in [2.45, 2.75) is 19.4 Å². The molecule has 0 bridgehead atoms. The maximum absolute atomic E-state index is 6.49. The molecule has 1 aliphatic heterocycles. The van der Waals surface area contributed by atoms with E-state index in [2.05, 4.69) is 40.5 Å². The Bertz CT molecular complexity index is 597. The molecule has 3 heteroatoms. The molecule has 1 heterocycles. The van der Waals surface area contributed by atoms with Crippen molar-refractivity contribution < 1.29 is 0 Å². The molecule has 0 amide bonds. The van der Waals surface area contributed by atoms with Crippen LogP contribution in [0.15, 0.2) is 42.5 Å². The molecule has 110 valence electrons. The van der Waals surface area contributed by atoms with Gasteiger partial charge in [-0.05, 0) is 42.6 Å². The van der Waals surface area contributed by atoms with Crippen molar-refractivity contribution in [2.75, 3.05) is 25.0 Å². The molecule has 2 aromatic rings. The molecule has 3 rings (SSSR count). The molecular formula is C18H21ClN2. The van der Waals surface area contributed by atoms with Gasteiger partial charge in [0.1, 0.15) is 0 Å². The summed E-state index contributed by atoms with van der Waals surface area (Å²) in [5.74, 6) is 0. The maximum Gasteiger partial charge on any atom is 0.0642 e. The zero-order valence-electron chi connectivity index (χ0n) is 12.4. The van der Waals surface area contributed by atoms with Gasteiger partial charge in [0.2, 0.25) is 0 Å². The van der Waals surface area contributed by atoms with Crippen molar-refractivity contribution in [3.05, 3.63) is 64.2 Å². The minimum atomic E-state index is 0.847. The fourth-order valence-electron chi connectivity index (χ4n) is 3.14. The van der Waals surface area contributed by atoms with Crippen molar-refractivity contribution in [3.8, 4) is 0 Å². The highest BCUT2D eigenvalue weighted by Gasteiger charge is 2.18. The third kappa shape index (κ3) is 3.07. The summed E-state index contributed by atoms with van der Waals surface area (Å²) >= 11 is 6.49. The normalized spacial score (nSPS) is 14.7. The first-order chi connectivity index (χ1) is 10.3. The lowest BCUT2D eigenvalue weighted by molar-refractivity contribution is 0.774. The van der Waals surface area contributed by atoms with Crippen LogP contribution in [0.5, 0.6) is 0 Å². The van der Waals surface area contributed by atoms with Crippen LogP contribution in [0.1, 0.15) is 16.7 Å². The van der Waals surface area contributed by atoms with Crippen molar-refractivity contribution in [1.82, 2.24) is 5.32 Å². The van der Waals surface area contributed by atoms with Gasteiger partial charge >= 0.3 is 0 Å². The highest BCUT2D eigenvalue weighted by atomic mass is 35.5. The average molecular weight is 301 g/mol. The highest BCUT2D eigenvalue weighted by Crippen LogP contribution is 2.31. The molecule has 0 unspecified atom stereocenters. The van der Waals surface area contributed by atoms with E-state index in [4.69, 9.17) is 11.6 Å².